The molecule has 0 bridgehead atoms. The van der Waals surface area contributed by atoms with Gasteiger partial charge in [0.25, 0.3) is 5.91 Å². The molecule has 1 amide bonds. The van der Waals surface area contributed by atoms with E-state index in [1.165, 1.54) is 6.42 Å². The monoisotopic (exact) mass is 357 g/mol. The molecule has 0 aliphatic carbocycles. The van der Waals surface area contributed by atoms with Crippen molar-refractivity contribution in [1.29, 1.82) is 0 Å². The highest BCUT2D eigenvalue weighted by atomic mass is 16.4. The number of carbonyl (C=O) groups is 2. The van der Waals surface area contributed by atoms with E-state index in [-0.39, 0.29) is 5.69 Å². The van der Waals surface area contributed by atoms with Gasteiger partial charge in [0.1, 0.15) is 0 Å². The van der Waals surface area contributed by atoms with E-state index in [2.05, 4.69) is 25.4 Å². The number of carbonyl (C=O) groups excluding carboxylic acids is 1. The molecule has 2 aromatic rings. The number of hydrogen-bond acceptors (Lipinski definition) is 5. The zero-order chi connectivity index (χ0) is 18.7. The third-order valence-corrected chi connectivity index (χ3v) is 4.69. The lowest BCUT2D eigenvalue weighted by molar-refractivity contribution is -0.139. The molecule has 26 heavy (non-hydrogen) atoms. The summed E-state index contributed by atoms with van der Waals surface area (Å²) in [4.78, 5) is 31.0. The average molecular weight is 357 g/mol. The van der Waals surface area contributed by atoms with Crippen LogP contribution in [0.3, 0.4) is 0 Å². The lowest BCUT2D eigenvalue weighted by atomic mass is 10.0. The molecular weight excluding hydrogens is 334 g/mol. The third-order valence-electron chi connectivity index (χ3n) is 4.69. The van der Waals surface area contributed by atoms with Crippen LogP contribution in [0.1, 0.15) is 52.7 Å². The van der Waals surface area contributed by atoms with Crippen LogP contribution in [0.5, 0.6) is 0 Å². The van der Waals surface area contributed by atoms with Gasteiger partial charge < -0.3 is 15.3 Å². The van der Waals surface area contributed by atoms with Crippen molar-refractivity contribution >= 4 is 17.6 Å². The predicted molar refractivity (Wildman–Crippen MR) is 96.2 cm³/mol. The number of pyridine rings is 1. The van der Waals surface area contributed by atoms with E-state index < -0.39 is 17.9 Å². The molecule has 1 aliphatic rings. The Morgan fingerprint density at radius 1 is 1.27 bits per heavy atom. The van der Waals surface area contributed by atoms with Crippen molar-refractivity contribution in [2.75, 3.05) is 18.0 Å². The van der Waals surface area contributed by atoms with Crippen LogP contribution in [0.4, 0.5) is 5.69 Å². The molecule has 3 heterocycles. The van der Waals surface area contributed by atoms with Gasteiger partial charge in [-0.25, -0.2) is 9.78 Å². The number of hydrogen-bond donors (Lipinski definition) is 3. The summed E-state index contributed by atoms with van der Waals surface area (Å²) in [6, 6.07) is 2.47. The van der Waals surface area contributed by atoms with Gasteiger partial charge in [-0.1, -0.05) is 0 Å². The lowest BCUT2D eigenvalue weighted by Gasteiger charge is -2.30. The number of aliphatic carboxylic acids is 1. The molecule has 138 valence electrons. The van der Waals surface area contributed by atoms with Crippen molar-refractivity contribution in [2.24, 2.45) is 0 Å². The molecule has 0 aromatic carbocycles. The number of aromatic amines is 1. The Balaban J connectivity index is 1.88. The molecule has 0 spiro atoms. The smallest absolute Gasteiger partial charge is 0.331 e. The molecule has 1 aliphatic heterocycles. The molecule has 1 saturated heterocycles. The first-order valence-electron chi connectivity index (χ1n) is 8.74. The largest absolute Gasteiger partial charge is 0.479 e. The van der Waals surface area contributed by atoms with Crippen molar-refractivity contribution in [3.8, 4) is 0 Å². The van der Waals surface area contributed by atoms with Gasteiger partial charge in [-0.2, -0.15) is 5.10 Å². The van der Waals surface area contributed by atoms with Crippen LogP contribution in [0, 0.1) is 13.8 Å². The topological polar surface area (TPSA) is 111 Å². The molecule has 1 fully saturated rings. The minimum Gasteiger partial charge on any atom is -0.479 e. The van der Waals surface area contributed by atoms with Gasteiger partial charge in [0.15, 0.2) is 11.7 Å². The number of rotatable bonds is 5. The number of H-pyrrole nitrogens is 1. The van der Waals surface area contributed by atoms with Gasteiger partial charge in [-0.15, -0.1) is 0 Å². The Labute approximate surface area is 151 Å². The van der Waals surface area contributed by atoms with Gasteiger partial charge >= 0.3 is 5.97 Å². The Morgan fingerprint density at radius 2 is 2.00 bits per heavy atom. The van der Waals surface area contributed by atoms with Gasteiger partial charge in [0, 0.05) is 30.5 Å². The minimum absolute atomic E-state index is 0.249. The molecular formula is C18H23N5O3. The summed E-state index contributed by atoms with van der Waals surface area (Å²) < 4.78 is 0. The molecule has 3 N–H and O–H groups in total. The Hall–Kier alpha value is -2.90. The number of aromatic nitrogens is 3. The third kappa shape index (κ3) is 3.54. The highest BCUT2D eigenvalue weighted by Gasteiger charge is 2.29. The summed E-state index contributed by atoms with van der Waals surface area (Å²) in [5, 5.41) is 19.0. The number of nitrogens with zero attached hydrogens (tertiary/aromatic N) is 3. The van der Waals surface area contributed by atoms with Crippen LogP contribution in [-0.2, 0) is 4.79 Å². The molecule has 8 nitrogen and oxygen atoms in total. The second-order valence-corrected chi connectivity index (χ2v) is 6.51. The first-order valence-corrected chi connectivity index (χ1v) is 8.74. The normalized spacial score (nSPS) is 15.5. The predicted octanol–water partition coefficient (Wildman–Crippen LogP) is 1.97. The van der Waals surface area contributed by atoms with E-state index in [9.17, 15) is 14.7 Å². The average Bonchev–Trinajstić information content (AvgIpc) is 2.98. The van der Waals surface area contributed by atoms with E-state index in [4.69, 9.17) is 0 Å². The van der Waals surface area contributed by atoms with Crippen molar-refractivity contribution in [1.82, 2.24) is 20.5 Å². The highest BCUT2D eigenvalue weighted by Crippen LogP contribution is 2.25. The fourth-order valence-corrected chi connectivity index (χ4v) is 3.40. The van der Waals surface area contributed by atoms with Crippen LogP contribution >= 0.6 is 0 Å². The van der Waals surface area contributed by atoms with Crippen LogP contribution in [0.2, 0.25) is 0 Å². The second kappa shape index (κ2) is 7.55. The summed E-state index contributed by atoms with van der Waals surface area (Å²) in [7, 11) is 0. The fourth-order valence-electron chi connectivity index (χ4n) is 3.40. The second-order valence-electron chi connectivity index (χ2n) is 6.51. The number of aryl methyl sites for hydroxylation is 2. The number of carboxylic acid groups (broad SMARTS) is 1. The number of carboxylic acids is 1. The van der Waals surface area contributed by atoms with Crippen molar-refractivity contribution in [2.45, 2.75) is 39.2 Å². The summed E-state index contributed by atoms with van der Waals surface area (Å²) in [5.74, 6) is -1.64. The van der Waals surface area contributed by atoms with Crippen molar-refractivity contribution in [3.05, 3.63) is 41.0 Å². The Kier molecular flexibility index (Phi) is 5.20. The molecule has 0 radical (unpaired) electrons. The van der Waals surface area contributed by atoms with E-state index in [0.29, 0.717) is 17.0 Å². The quantitative estimate of drug-likeness (QED) is 0.754. The number of piperidine rings is 1. The Morgan fingerprint density at radius 3 is 2.62 bits per heavy atom. The molecule has 1 unspecified atom stereocenters. The lowest BCUT2D eigenvalue weighted by Crippen LogP contribution is -2.37. The standard InChI is InChI=1S/C18H23N5O3/c1-11-14(12(2)22-21-11)16(18(25)26)20-17(24)15-13(7-6-8-19-15)23-9-4-3-5-10-23/h6-8,16H,3-5,9-10H2,1-2H3,(H,20,24)(H,21,22)(H,25,26). The summed E-state index contributed by atoms with van der Waals surface area (Å²) in [5.41, 5.74) is 2.63. The van der Waals surface area contributed by atoms with Crippen molar-refractivity contribution < 1.29 is 14.7 Å². The molecule has 1 atom stereocenters. The van der Waals surface area contributed by atoms with Gasteiger partial charge in [0.2, 0.25) is 0 Å². The van der Waals surface area contributed by atoms with E-state index in [0.717, 1.165) is 31.6 Å². The maximum Gasteiger partial charge on any atom is 0.331 e. The summed E-state index contributed by atoms with van der Waals surface area (Å²) in [6.07, 6.45) is 4.87. The van der Waals surface area contributed by atoms with Crippen LogP contribution in [0.25, 0.3) is 0 Å². The summed E-state index contributed by atoms with van der Waals surface area (Å²) >= 11 is 0. The first kappa shape index (κ1) is 17.9. The molecule has 3 rings (SSSR count). The minimum atomic E-state index is -1.18. The van der Waals surface area contributed by atoms with Gasteiger partial charge in [0.05, 0.1) is 11.4 Å². The first-order chi connectivity index (χ1) is 12.5. The van der Waals surface area contributed by atoms with Crippen LogP contribution in [0.15, 0.2) is 18.3 Å². The van der Waals surface area contributed by atoms with Crippen LogP contribution < -0.4 is 10.2 Å². The number of anilines is 1. The van der Waals surface area contributed by atoms with E-state index in [1.807, 2.05) is 6.07 Å². The van der Waals surface area contributed by atoms with Crippen LogP contribution in [-0.4, -0.2) is 45.3 Å². The zero-order valence-electron chi connectivity index (χ0n) is 15.0. The van der Waals surface area contributed by atoms with Gasteiger partial charge in [-0.3, -0.25) is 9.89 Å². The number of nitrogens with one attached hydrogen (secondary N) is 2. The SMILES string of the molecule is Cc1n[nH]c(C)c1C(NC(=O)c1ncccc1N1CCCCC1)C(=O)O. The molecule has 0 saturated carbocycles. The zero-order valence-corrected chi connectivity index (χ0v) is 15.0. The molecule has 8 heteroatoms. The van der Waals surface area contributed by atoms with Crippen molar-refractivity contribution in [3.63, 3.8) is 0 Å². The maximum atomic E-state index is 12.8. The highest BCUT2D eigenvalue weighted by molar-refractivity contribution is 5.99. The van der Waals surface area contributed by atoms with E-state index in [1.54, 1.807) is 26.1 Å². The summed E-state index contributed by atoms with van der Waals surface area (Å²) in [6.45, 7) is 5.18. The Bertz CT molecular complexity index is 791. The maximum absolute atomic E-state index is 12.8. The van der Waals surface area contributed by atoms with E-state index >= 15 is 0 Å². The molecule has 2 aromatic heterocycles. The van der Waals surface area contributed by atoms with Gasteiger partial charge in [-0.05, 0) is 45.2 Å². The number of amides is 1. The fraction of sp³-hybridized carbons (Fsp3) is 0.444.